The maximum atomic E-state index is 6.06. The number of anilines is 1. The van der Waals surface area contributed by atoms with Crippen LogP contribution in [0.15, 0.2) is 12.4 Å². The van der Waals surface area contributed by atoms with E-state index in [9.17, 15) is 0 Å². The van der Waals surface area contributed by atoms with Crippen molar-refractivity contribution in [3.05, 3.63) is 12.4 Å². The molecule has 0 saturated heterocycles. The average molecular weight is 222 g/mol. The molecule has 2 unspecified atom stereocenters. The summed E-state index contributed by atoms with van der Waals surface area (Å²) in [4.78, 5) is 8.32. The van der Waals surface area contributed by atoms with Crippen LogP contribution in [0.25, 0.3) is 0 Å². The molecule has 0 amide bonds. The molecule has 3 N–H and O–H groups in total. The monoisotopic (exact) mass is 222 g/mol. The Morgan fingerprint density at radius 2 is 2.19 bits per heavy atom. The van der Waals surface area contributed by atoms with E-state index in [2.05, 4.69) is 15.3 Å². The van der Waals surface area contributed by atoms with E-state index in [1.165, 1.54) is 12.8 Å². The Hall–Kier alpha value is -1.36. The largest absolute Gasteiger partial charge is 0.480 e. The van der Waals surface area contributed by atoms with Crippen LogP contribution in [0.5, 0.6) is 5.88 Å². The second-order valence-electron chi connectivity index (χ2n) is 4.15. The summed E-state index contributed by atoms with van der Waals surface area (Å²) in [5.74, 6) is 1.26. The fourth-order valence-electron chi connectivity index (χ4n) is 2.04. The van der Waals surface area contributed by atoms with Crippen LogP contribution < -0.4 is 15.8 Å². The molecular weight excluding hydrogens is 204 g/mol. The van der Waals surface area contributed by atoms with Crippen molar-refractivity contribution in [2.45, 2.75) is 37.8 Å². The number of methoxy groups -OCH3 is 1. The van der Waals surface area contributed by atoms with E-state index < -0.39 is 0 Å². The van der Waals surface area contributed by atoms with Crippen LogP contribution in [-0.2, 0) is 0 Å². The van der Waals surface area contributed by atoms with Crippen LogP contribution in [0.3, 0.4) is 0 Å². The molecule has 1 aliphatic rings. The van der Waals surface area contributed by atoms with Gasteiger partial charge in [0.1, 0.15) is 5.82 Å². The summed E-state index contributed by atoms with van der Waals surface area (Å²) < 4.78 is 5.03. The van der Waals surface area contributed by atoms with Gasteiger partial charge >= 0.3 is 0 Å². The van der Waals surface area contributed by atoms with Crippen molar-refractivity contribution >= 4 is 5.82 Å². The number of nitrogens with one attached hydrogen (secondary N) is 1. The van der Waals surface area contributed by atoms with Crippen molar-refractivity contribution in [1.82, 2.24) is 9.97 Å². The van der Waals surface area contributed by atoms with E-state index in [-0.39, 0.29) is 6.04 Å². The van der Waals surface area contributed by atoms with Crippen LogP contribution in [0.2, 0.25) is 0 Å². The van der Waals surface area contributed by atoms with E-state index in [0.717, 1.165) is 18.7 Å². The number of hydrogen-bond donors (Lipinski definition) is 2. The lowest BCUT2D eigenvalue weighted by atomic mass is 9.91. The zero-order valence-electron chi connectivity index (χ0n) is 9.52. The molecule has 0 bridgehead atoms. The molecule has 1 aromatic heterocycles. The molecule has 1 heterocycles. The molecule has 0 radical (unpaired) electrons. The molecule has 1 aromatic rings. The quantitative estimate of drug-likeness (QED) is 0.803. The van der Waals surface area contributed by atoms with Gasteiger partial charge in [-0.15, -0.1) is 0 Å². The number of nitrogens with zero attached hydrogens (tertiary/aromatic N) is 2. The molecule has 1 saturated carbocycles. The van der Waals surface area contributed by atoms with E-state index >= 15 is 0 Å². The van der Waals surface area contributed by atoms with Crippen LogP contribution >= 0.6 is 0 Å². The molecule has 16 heavy (non-hydrogen) atoms. The Morgan fingerprint density at radius 3 is 2.94 bits per heavy atom. The molecule has 5 heteroatoms. The summed E-state index contributed by atoms with van der Waals surface area (Å²) in [5, 5.41) is 3.33. The summed E-state index contributed by atoms with van der Waals surface area (Å²) in [5.41, 5.74) is 6.06. The molecule has 2 rings (SSSR count). The van der Waals surface area contributed by atoms with Crippen molar-refractivity contribution in [1.29, 1.82) is 0 Å². The molecule has 5 nitrogen and oxygen atoms in total. The highest BCUT2D eigenvalue weighted by atomic mass is 16.5. The second kappa shape index (κ2) is 5.12. The minimum atomic E-state index is 0.210. The third kappa shape index (κ3) is 2.61. The van der Waals surface area contributed by atoms with E-state index in [4.69, 9.17) is 10.5 Å². The summed E-state index contributed by atoms with van der Waals surface area (Å²) in [6.45, 7) is 0. The van der Waals surface area contributed by atoms with Crippen LogP contribution in [0.4, 0.5) is 5.82 Å². The van der Waals surface area contributed by atoms with Crippen molar-refractivity contribution < 1.29 is 4.74 Å². The first-order valence-electron chi connectivity index (χ1n) is 5.68. The van der Waals surface area contributed by atoms with Gasteiger partial charge in [0.2, 0.25) is 5.88 Å². The first-order chi connectivity index (χ1) is 7.79. The predicted molar refractivity (Wildman–Crippen MR) is 62.4 cm³/mol. The summed E-state index contributed by atoms with van der Waals surface area (Å²) in [6, 6.07) is 0.511. The minimum absolute atomic E-state index is 0.210. The Labute approximate surface area is 95.4 Å². The molecule has 0 aromatic carbocycles. The van der Waals surface area contributed by atoms with Crippen molar-refractivity contribution in [2.75, 3.05) is 12.4 Å². The third-order valence-electron chi connectivity index (χ3n) is 2.97. The Kier molecular flexibility index (Phi) is 3.56. The Morgan fingerprint density at radius 1 is 1.38 bits per heavy atom. The Balaban J connectivity index is 2.01. The van der Waals surface area contributed by atoms with Crippen LogP contribution in [0, 0.1) is 0 Å². The van der Waals surface area contributed by atoms with E-state index in [1.807, 2.05) is 0 Å². The van der Waals surface area contributed by atoms with Gasteiger partial charge in [0.25, 0.3) is 0 Å². The molecular formula is C11H18N4O. The highest BCUT2D eigenvalue weighted by Crippen LogP contribution is 2.20. The fraction of sp³-hybridized carbons (Fsp3) is 0.636. The molecule has 1 fully saturated rings. The van der Waals surface area contributed by atoms with Crippen molar-refractivity contribution in [2.24, 2.45) is 5.73 Å². The van der Waals surface area contributed by atoms with Gasteiger partial charge in [0.05, 0.1) is 19.5 Å². The number of aromatic nitrogens is 2. The number of ether oxygens (including phenoxy) is 1. The van der Waals surface area contributed by atoms with Gasteiger partial charge in [0, 0.05) is 12.1 Å². The molecule has 1 aliphatic carbocycles. The van der Waals surface area contributed by atoms with Gasteiger partial charge in [0.15, 0.2) is 0 Å². The lowest BCUT2D eigenvalue weighted by Crippen LogP contribution is -2.42. The summed E-state index contributed by atoms with van der Waals surface area (Å²) >= 11 is 0. The SMILES string of the molecule is COc1cncc(NC2CCCCC2N)n1. The maximum Gasteiger partial charge on any atom is 0.233 e. The molecule has 2 atom stereocenters. The van der Waals surface area contributed by atoms with E-state index in [0.29, 0.717) is 11.9 Å². The first-order valence-corrected chi connectivity index (χ1v) is 5.68. The normalized spacial score (nSPS) is 25.1. The number of nitrogens with two attached hydrogens (primary N) is 1. The van der Waals surface area contributed by atoms with E-state index in [1.54, 1.807) is 19.5 Å². The third-order valence-corrected chi connectivity index (χ3v) is 2.97. The standard InChI is InChI=1S/C11H18N4O/c1-16-11-7-13-6-10(15-11)14-9-5-3-2-4-8(9)12/h6-9H,2-5,12H2,1H3,(H,14,15). The van der Waals surface area contributed by atoms with Crippen LogP contribution in [-0.4, -0.2) is 29.2 Å². The molecule has 0 spiro atoms. The summed E-state index contributed by atoms with van der Waals surface area (Å²) in [7, 11) is 1.58. The highest BCUT2D eigenvalue weighted by molar-refractivity contribution is 5.35. The minimum Gasteiger partial charge on any atom is -0.480 e. The second-order valence-corrected chi connectivity index (χ2v) is 4.15. The zero-order chi connectivity index (χ0) is 11.4. The maximum absolute atomic E-state index is 6.06. The zero-order valence-corrected chi connectivity index (χ0v) is 9.52. The summed E-state index contributed by atoms with van der Waals surface area (Å²) in [6.07, 6.45) is 7.91. The van der Waals surface area contributed by atoms with Crippen LogP contribution in [0.1, 0.15) is 25.7 Å². The van der Waals surface area contributed by atoms with Gasteiger partial charge in [-0.3, -0.25) is 4.98 Å². The fourth-order valence-corrected chi connectivity index (χ4v) is 2.04. The average Bonchev–Trinajstić information content (AvgIpc) is 2.32. The molecule has 0 aliphatic heterocycles. The predicted octanol–water partition coefficient (Wildman–Crippen LogP) is 1.17. The number of hydrogen-bond acceptors (Lipinski definition) is 5. The Bertz CT molecular complexity index is 345. The lowest BCUT2D eigenvalue weighted by Gasteiger charge is -2.29. The highest BCUT2D eigenvalue weighted by Gasteiger charge is 2.21. The molecule has 88 valence electrons. The number of rotatable bonds is 3. The van der Waals surface area contributed by atoms with Crippen molar-refractivity contribution in [3.63, 3.8) is 0 Å². The van der Waals surface area contributed by atoms with Gasteiger partial charge < -0.3 is 15.8 Å². The first kappa shape index (κ1) is 11.1. The van der Waals surface area contributed by atoms with Crippen molar-refractivity contribution in [3.8, 4) is 5.88 Å². The van der Waals surface area contributed by atoms with Gasteiger partial charge in [-0.1, -0.05) is 12.8 Å². The van der Waals surface area contributed by atoms with Gasteiger partial charge in [-0.05, 0) is 12.8 Å². The van der Waals surface area contributed by atoms with Gasteiger partial charge in [-0.2, -0.15) is 4.98 Å². The smallest absolute Gasteiger partial charge is 0.233 e. The van der Waals surface area contributed by atoms with Gasteiger partial charge in [-0.25, -0.2) is 0 Å². The lowest BCUT2D eigenvalue weighted by molar-refractivity contribution is 0.391. The topological polar surface area (TPSA) is 73.1 Å².